The Bertz CT molecular complexity index is 3400. The van der Waals surface area contributed by atoms with Crippen LogP contribution in [0.2, 0.25) is 0 Å². The third-order valence-corrected chi connectivity index (χ3v) is 15.7. The first-order valence-electron chi connectivity index (χ1n) is 26.0. The maximum atomic E-state index is 14.5. The Balaban J connectivity index is 1.03. The highest BCUT2D eigenvalue weighted by Gasteiger charge is 2.28. The van der Waals surface area contributed by atoms with Gasteiger partial charge >= 0.3 is 12.2 Å². The molecule has 4 aromatic heterocycles. The highest BCUT2D eigenvalue weighted by molar-refractivity contribution is 7.16. The van der Waals surface area contributed by atoms with E-state index in [9.17, 15) is 14.7 Å². The minimum Gasteiger partial charge on any atom is -0.508 e. The molecule has 1 aliphatic heterocycles. The molecular formula is C60H68N8O7S2. The van der Waals surface area contributed by atoms with Gasteiger partial charge in [-0.1, -0.05) is 48.5 Å². The molecule has 0 saturated carbocycles. The molecule has 15 nitrogen and oxygen atoms in total. The quantitative estimate of drug-likeness (QED) is 0.0787. The monoisotopic (exact) mass is 1080 g/mol. The van der Waals surface area contributed by atoms with Crippen LogP contribution in [0.4, 0.5) is 21.2 Å². The molecule has 402 valence electrons. The number of anilines is 2. The normalized spacial score (nSPS) is 14.5. The minimum absolute atomic E-state index is 0.0346. The van der Waals surface area contributed by atoms with Crippen molar-refractivity contribution in [2.75, 3.05) is 37.4 Å². The van der Waals surface area contributed by atoms with Gasteiger partial charge in [0.05, 0.1) is 36.7 Å². The fourth-order valence-electron chi connectivity index (χ4n) is 9.28. The van der Waals surface area contributed by atoms with E-state index in [-0.39, 0.29) is 30.5 Å². The highest BCUT2D eigenvalue weighted by Crippen LogP contribution is 2.40. The van der Waals surface area contributed by atoms with Crippen LogP contribution in [-0.2, 0) is 27.3 Å². The van der Waals surface area contributed by atoms with Gasteiger partial charge in [0.15, 0.2) is 11.6 Å². The molecule has 2 amide bonds. The number of rotatable bonds is 17. The largest absolute Gasteiger partial charge is 0.508 e. The van der Waals surface area contributed by atoms with Gasteiger partial charge in [0.25, 0.3) is 0 Å². The second-order valence-electron chi connectivity index (χ2n) is 21.6. The fraction of sp³-hybridized carbons (Fsp3) is 0.367. The van der Waals surface area contributed by atoms with Gasteiger partial charge in [-0.25, -0.2) is 9.59 Å². The highest BCUT2D eigenvalue weighted by atomic mass is 32.1. The zero-order valence-electron chi connectivity index (χ0n) is 45.5. The molecule has 1 saturated heterocycles. The van der Waals surface area contributed by atoms with Gasteiger partial charge in [0.2, 0.25) is 0 Å². The van der Waals surface area contributed by atoms with Crippen molar-refractivity contribution < 1.29 is 33.6 Å². The van der Waals surface area contributed by atoms with Crippen molar-refractivity contribution in [2.24, 2.45) is 0 Å². The Labute approximate surface area is 458 Å². The summed E-state index contributed by atoms with van der Waals surface area (Å²) in [6.07, 6.45) is 0.428. The lowest BCUT2D eigenvalue weighted by atomic mass is 10.0. The molecular weight excluding hydrogens is 1010 g/mol. The topological polar surface area (TPSA) is 173 Å². The van der Waals surface area contributed by atoms with Crippen LogP contribution in [0, 0.1) is 13.8 Å². The van der Waals surface area contributed by atoms with Crippen LogP contribution in [0.5, 0.6) is 11.5 Å². The number of nitrogens with zero attached hydrogens (tertiary/aromatic N) is 6. The molecule has 0 unspecified atom stereocenters. The molecule has 17 heteroatoms. The number of benzene rings is 4. The first-order valence-corrected chi connectivity index (χ1v) is 27.7. The van der Waals surface area contributed by atoms with Crippen LogP contribution < -0.4 is 15.4 Å². The number of aromatic nitrogens is 4. The van der Waals surface area contributed by atoms with E-state index in [1.807, 2.05) is 110 Å². The zero-order chi connectivity index (χ0) is 54.6. The van der Waals surface area contributed by atoms with E-state index < -0.39 is 23.4 Å². The van der Waals surface area contributed by atoms with E-state index in [1.165, 1.54) is 0 Å². The molecule has 3 N–H and O–H groups in total. The number of phenolic OH excluding ortho intramolecular Hbond substituents is 1. The first-order chi connectivity index (χ1) is 36.7. The minimum atomic E-state index is -0.751. The fourth-order valence-corrected chi connectivity index (χ4v) is 11.5. The Morgan fingerprint density at radius 2 is 1.27 bits per heavy atom. The van der Waals surface area contributed by atoms with E-state index in [2.05, 4.69) is 75.3 Å². The van der Waals surface area contributed by atoms with E-state index in [0.29, 0.717) is 44.4 Å². The number of nitrogens with one attached hydrogen (secondary N) is 2. The SMILES string of the molecule is Cc1nnc(N[C@H](C)c2ccc(-c3ccccc3CN(CC[C@@H](Nc3nnc(C)c4ccc(O[C@H]5CCOC5)cc34)c3ccc(-c4ccccc4CN(C)C(=O)OC(C)(C)C)s3)C(=O)OC(C)(C)C)s2)c2cc(O)ccc12. The number of ether oxygens (including phenoxy) is 4. The van der Waals surface area contributed by atoms with Gasteiger partial charge in [0.1, 0.15) is 28.8 Å². The van der Waals surface area contributed by atoms with Crippen molar-refractivity contribution in [3.63, 3.8) is 0 Å². The lowest BCUT2D eigenvalue weighted by Crippen LogP contribution is -2.38. The Hall–Kier alpha value is -7.34. The second-order valence-corrected chi connectivity index (χ2v) is 23.8. The molecule has 0 spiro atoms. The van der Waals surface area contributed by atoms with Gasteiger partial charge in [-0.3, -0.25) is 0 Å². The van der Waals surface area contributed by atoms with Crippen molar-refractivity contribution in [1.82, 2.24) is 30.2 Å². The molecule has 1 fully saturated rings. The van der Waals surface area contributed by atoms with Gasteiger partial charge in [0, 0.05) is 74.2 Å². The van der Waals surface area contributed by atoms with Crippen LogP contribution in [0.1, 0.15) is 106 Å². The molecule has 9 rings (SSSR count). The Morgan fingerprint density at radius 1 is 0.701 bits per heavy atom. The summed E-state index contributed by atoms with van der Waals surface area (Å²) < 4.78 is 23.9. The van der Waals surface area contributed by atoms with E-state index in [0.717, 1.165) is 86.9 Å². The van der Waals surface area contributed by atoms with Crippen molar-refractivity contribution in [1.29, 1.82) is 0 Å². The molecule has 3 atom stereocenters. The van der Waals surface area contributed by atoms with Gasteiger partial charge in [-0.05, 0) is 152 Å². The summed E-state index contributed by atoms with van der Waals surface area (Å²) in [5, 5.41) is 39.4. The number of thiophene rings is 2. The molecule has 5 heterocycles. The van der Waals surface area contributed by atoms with Crippen LogP contribution in [0.3, 0.4) is 0 Å². The third kappa shape index (κ3) is 13.4. The van der Waals surface area contributed by atoms with Crippen molar-refractivity contribution >= 4 is 68.0 Å². The van der Waals surface area contributed by atoms with E-state index >= 15 is 0 Å². The molecule has 8 aromatic rings. The van der Waals surface area contributed by atoms with E-state index in [4.69, 9.17) is 24.0 Å². The van der Waals surface area contributed by atoms with Gasteiger partial charge in [-0.2, -0.15) is 10.2 Å². The molecule has 0 bridgehead atoms. The molecule has 4 aromatic carbocycles. The van der Waals surface area contributed by atoms with Crippen LogP contribution in [0.25, 0.3) is 42.4 Å². The molecule has 1 aliphatic rings. The number of phenols is 1. The van der Waals surface area contributed by atoms with Crippen molar-refractivity contribution in [3.8, 4) is 32.4 Å². The summed E-state index contributed by atoms with van der Waals surface area (Å²) in [6.45, 7) is 19.3. The Kier molecular flexibility index (Phi) is 16.3. The smallest absolute Gasteiger partial charge is 0.410 e. The summed E-state index contributed by atoms with van der Waals surface area (Å²) in [5.74, 6) is 2.06. The number of hydrogen-bond acceptors (Lipinski definition) is 15. The summed E-state index contributed by atoms with van der Waals surface area (Å²) >= 11 is 3.31. The predicted molar refractivity (Wildman–Crippen MR) is 307 cm³/mol. The zero-order valence-corrected chi connectivity index (χ0v) is 47.1. The lowest BCUT2D eigenvalue weighted by molar-refractivity contribution is 0.0228. The molecule has 0 aliphatic carbocycles. The number of fused-ring (bicyclic) bond motifs is 2. The summed E-state index contributed by atoms with van der Waals surface area (Å²) in [6, 6.07) is 35.5. The first kappa shape index (κ1) is 54.4. The maximum Gasteiger partial charge on any atom is 0.410 e. The van der Waals surface area contributed by atoms with Crippen LogP contribution >= 0.6 is 22.7 Å². The number of amides is 2. The number of hydrogen-bond donors (Lipinski definition) is 3. The number of carbonyl (C=O) groups excluding carboxylic acids is 2. The van der Waals surface area contributed by atoms with Gasteiger partial charge < -0.3 is 44.5 Å². The van der Waals surface area contributed by atoms with E-state index in [1.54, 1.807) is 51.7 Å². The predicted octanol–water partition coefficient (Wildman–Crippen LogP) is 14.0. The molecule has 77 heavy (non-hydrogen) atoms. The van der Waals surface area contributed by atoms with Crippen molar-refractivity contribution in [2.45, 2.75) is 118 Å². The second kappa shape index (κ2) is 23.1. The number of aryl methyl sites for hydroxylation is 2. The third-order valence-electron chi connectivity index (χ3n) is 13.1. The van der Waals surface area contributed by atoms with Crippen LogP contribution in [-0.4, -0.2) is 91.6 Å². The van der Waals surface area contributed by atoms with Gasteiger partial charge in [-0.15, -0.1) is 32.9 Å². The van der Waals surface area contributed by atoms with Crippen molar-refractivity contribution in [3.05, 3.63) is 141 Å². The lowest BCUT2D eigenvalue weighted by Gasteiger charge is -2.29. The maximum absolute atomic E-state index is 14.5. The standard InChI is InChI=1S/C60H68N8O7S2/c1-36-44-21-19-41(69)31-48(44)55(65-63-36)61-38(3)51-23-24-52(76-51)47-18-14-12-16-40(47)34-68(58(71)75-60(7,8)9)29-27-50(62-56-49-32-42(73-43-28-30-72-35-43)20-22-45(49)37(2)64-66-56)54-26-25-53(77-54)46-17-13-11-15-39(46)33-67(10)57(70)74-59(4,5)6/h11-26,31-32,38,43,50,69H,27-30,33-35H2,1-10H3,(H,61,65)(H,62,66)/t38-,43+,50-/m1/s1. The number of carbonyl (C=O) groups is 2. The summed E-state index contributed by atoms with van der Waals surface area (Å²) in [4.78, 5) is 35.2. The molecule has 0 radical (unpaired) electrons. The average Bonchev–Trinajstić information content (AvgIpc) is 4.20. The summed E-state index contributed by atoms with van der Waals surface area (Å²) in [7, 11) is 1.75. The Morgan fingerprint density at radius 3 is 1.91 bits per heavy atom. The van der Waals surface area contributed by atoms with Crippen LogP contribution in [0.15, 0.2) is 109 Å². The summed E-state index contributed by atoms with van der Waals surface area (Å²) in [5.41, 5.74) is 4.14. The number of aromatic hydroxyl groups is 1. The average molecular weight is 1080 g/mol.